The first kappa shape index (κ1) is 16.1. The first-order valence-corrected chi connectivity index (χ1v) is 8.72. The van der Waals surface area contributed by atoms with Crippen LogP contribution in [-0.2, 0) is 6.54 Å². The van der Waals surface area contributed by atoms with E-state index in [4.69, 9.17) is 4.74 Å². The van der Waals surface area contributed by atoms with E-state index in [1.807, 2.05) is 37.3 Å². The second-order valence-electron chi connectivity index (χ2n) is 5.00. The number of fused-ring (bicyclic) bond motifs is 1. The molecule has 3 N–H and O–H groups in total. The molecule has 0 saturated heterocycles. The van der Waals surface area contributed by atoms with Crippen molar-refractivity contribution < 1.29 is 4.74 Å². The molecule has 0 unspecified atom stereocenters. The third-order valence-electron chi connectivity index (χ3n) is 3.37. The molecular weight excluding hydrogens is 426 g/mol. The average Bonchev–Trinajstić information content (AvgIpc) is 2.87. The Balaban J connectivity index is 1.85. The van der Waals surface area contributed by atoms with Crippen molar-refractivity contribution in [2.45, 2.75) is 13.5 Å². The van der Waals surface area contributed by atoms with Crippen molar-refractivity contribution >= 4 is 48.6 Å². The van der Waals surface area contributed by atoms with Crippen LogP contribution in [0.4, 0.5) is 5.69 Å². The fourth-order valence-electron chi connectivity index (χ4n) is 2.39. The Kier molecular flexibility index (Phi) is 4.77. The fourth-order valence-corrected chi connectivity index (χ4v) is 3.82. The summed E-state index contributed by atoms with van der Waals surface area (Å²) in [5.74, 6) is 0.833. The molecule has 3 rings (SSSR count). The van der Waals surface area contributed by atoms with Crippen LogP contribution < -0.4 is 15.7 Å². The summed E-state index contributed by atoms with van der Waals surface area (Å²) in [4.78, 5) is 16.8. The van der Waals surface area contributed by atoms with Gasteiger partial charge in [0.1, 0.15) is 5.75 Å². The quantitative estimate of drug-likeness (QED) is 0.550. The van der Waals surface area contributed by atoms with E-state index in [0.29, 0.717) is 13.2 Å². The number of hydrogen-bond donors (Lipinski definition) is 3. The Labute approximate surface area is 149 Å². The molecule has 3 aromatic rings. The van der Waals surface area contributed by atoms with Crippen LogP contribution in [0.2, 0.25) is 0 Å². The predicted octanol–water partition coefficient (Wildman–Crippen LogP) is 4.39. The molecule has 0 aliphatic rings. The van der Waals surface area contributed by atoms with E-state index in [0.717, 1.165) is 37.0 Å². The predicted molar refractivity (Wildman–Crippen MR) is 99.3 cm³/mol. The molecule has 0 aliphatic heterocycles. The molecule has 120 valence electrons. The van der Waals surface area contributed by atoms with Crippen molar-refractivity contribution in [3.63, 3.8) is 0 Å². The molecule has 2 aromatic carbocycles. The molecule has 0 aliphatic carbocycles. The van der Waals surface area contributed by atoms with E-state index < -0.39 is 0 Å². The van der Waals surface area contributed by atoms with Gasteiger partial charge in [-0.1, -0.05) is 15.9 Å². The molecule has 23 heavy (non-hydrogen) atoms. The Morgan fingerprint density at radius 2 is 1.91 bits per heavy atom. The van der Waals surface area contributed by atoms with Crippen molar-refractivity contribution in [2.24, 2.45) is 0 Å². The molecule has 0 amide bonds. The first-order valence-electron chi connectivity index (χ1n) is 7.13. The maximum absolute atomic E-state index is 11.3. The van der Waals surface area contributed by atoms with Gasteiger partial charge in [0.2, 0.25) is 0 Å². The SMILES string of the molecule is CCOc1c(Br)cc(Br)cc1CNc1ccc2[nH]c(=O)[nH]c2c1. The molecule has 0 saturated carbocycles. The second-order valence-corrected chi connectivity index (χ2v) is 6.77. The second kappa shape index (κ2) is 6.80. The summed E-state index contributed by atoms with van der Waals surface area (Å²) in [6, 6.07) is 9.69. The first-order chi connectivity index (χ1) is 11.1. The van der Waals surface area contributed by atoms with Gasteiger partial charge in [0.15, 0.2) is 0 Å². The molecule has 0 atom stereocenters. The number of halogens is 2. The topological polar surface area (TPSA) is 69.9 Å². The summed E-state index contributed by atoms with van der Waals surface area (Å²) >= 11 is 7.04. The number of aromatic nitrogens is 2. The van der Waals surface area contributed by atoms with Gasteiger partial charge in [0.05, 0.1) is 22.1 Å². The monoisotopic (exact) mass is 439 g/mol. The number of imidazole rings is 1. The molecule has 1 aromatic heterocycles. The average molecular weight is 441 g/mol. The van der Waals surface area contributed by atoms with Gasteiger partial charge in [0, 0.05) is 22.3 Å². The summed E-state index contributed by atoms with van der Waals surface area (Å²) < 4.78 is 7.62. The molecule has 1 heterocycles. The highest BCUT2D eigenvalue weighted by atomic mass is 79.9. The lowest BCUT2D eigenvalue weighted by molar-refractivity contribution is 0.334. The number of benzene rings is 2. The molecule has 7 heteroatoms. The fraction of sp³-hybridized carbons (Fsp3) is 0.188. The van der Waals surface area contributed by atoms with Gasteiger partial charge in [-0.25, -0.2) is 4.79 Å². The number of anilines is 1. The Morgan fingerprint density at radius 1 is 1.13 bits per heavy atom. The highest BCUT2D eigenvalue weighted by molar-refractivity contribution is 9.11. The Hall–Kier alpha value is -1.73. The number of ether oxygens (including phenoxy) is 1. The van der Waals surface area contributed by atoms with Gasteiger partial charge >= 0.3 is 5.69 Å². The van der Waals surface area contributed by atoms with Crippen LogP contribution in [0.3, 0.4) is 0 Å². The van der Waals surface area contributed by atoms with E-state index in [1.54, 1.807) is 0 Å². The lowest BCUT2D eigenvalue weighted by atomic mass is 10.2. The van der Waals surface area contributed by atoms with Gasteiger partial charge in [0.25, 0.3) is 0 Å². The summed E-state index contributed by atoms with van der Waals surface area (Å²) in [5.41, 5.74) is 3.33. The zero-order valence-corrected chi connectivity index (χ0v) is 15.5. The van der Waals surface area contributed by atoms with E-state index in [2.05, 4.69) is 47.1 Å². The normalized spacial score (nSPS) is 10.9. The number of nitrogens with one attached hydrogen (secondary N) is 3. The van der Waals surface area contributed by atoms with Gasteiger partial charge in [-0.2, -0.15) is 0 Å². The van der Waals surface area contributed by atoms with E-state index in [9.17, 15) is 4.79 Å². The smallest absolute Gasteiger partial charge is 0.323 e. The number of H-pyrrole nitrogens is 2. The van der Waals surface area contributed by atoms with E-state index in [-0.39, 0.29) is 5.69 Å². The highest BCUT2D eigenvalue weighted by Gasteiger charge is 2.10. The van der Waals surface area contributed by atoms with Crippen LogP contribution in [0.15, 0.2) is 44.1 Å². The van der Waals surface area contributed by atoms with Crippen LogP contribution >= 0.6 is 31.9 Å². The lowest BCUT2D eigenvalue weighted by Gasteiger charge is -2.14. The molecule has 5 nitrogen and oxygen atoms in total. The highest BCUT2D eigenvalue weighted by Crippen LogP contribution is 2.33. The van der Waals surface area contributed by atoms with Crippen LogP contribution in [0.25, 0.3) is 11.0 Å². The van der Waals surface area contributed by atoms with Crippen LogP contribution in [0, 0.1) is 0 Å². The van der Waals surface area contributed by atoms with Crippen LogP contribution in [0.1, 0.15) is 12.5 Å². The summed E-state index contributed by atoms with van der Waals surface area (Å²) in [7, 11) is 0. The molecule has 0 fully saturated rings. The lowest BCUT2D eigenvalue weighted by Crippen LogP contribution is -2.04. The third kappa shape index (κ3) is 3.61. The van der Waals surface area contributed by atoms with Gasteiger partial charge in [-0.3, -0.25) is 0 Å². The van der Waals surface area contributed by atoms with Crippen LogP contribution in [-0.4, -0.2) is 16.6 Å². The maximum Gasteiger partial charge on any atom is 0.323 e. The van der Waals surface area contributed by atoms with Crippen molar-refractivity contribution in [3.05, 3.63) is 55.3 Å². The van der Waals surface area contributed by atoms with E-state index in [1.165, 1.54) is 0 Å². The van der Waals surface area contributed by atoms with Gasteiger partial charge < -0.3 is 20.0 Å². The standard InChI is InChI=1S/C16H15Br2N3O2/c1-2-23-15-9(5-10(17)6-12(15)18)8-19-11-3-4-13-14(7-11)21-16(22)20-13/h3-7,19H,2,8H2,1H3,(H2,20,21,22). The van der Waals surface area contributed by atoms with Crippen LogP contribution in [0.5, 0.6) is 5.75 Å². The zero-order chi connectivity index (χ0) is 16.4. The van der Waals surface area contributed by atoms with Crippen molar-refractivity contribution in [1.29, 1.82) is 0 Å². The largest absolute Gasteiger partial charge is 0.492 e. The summed E-state index contributed by atoms with van der Waals surface area (Å²) in [6.45, 7) is 3.17. The molecule has 0 bridgehead atoms. The number of hydrogen-bond acceptors (Lipinski definition) is 3. The Morgan fingerprint density at radius 3 is 2.70 bits per heavy atom. The number of rotatable bonds is 5. The summed E-state index contributed by atoms with van der Waals surface area (Å²) in [5, 5.41) is 3.36. The number of aromatic amines is 2. The third-order valence-corrected chi connectivity index (χ3v) is 4.42. The summed E-state index contributed by atoms with van der Waals surface area (Å²) in [6.07, 6.45) is 0. The molecular formula is C16H15Br2N3O2. The minimum absolute atomic E-state index is 0.202. The van der Waals surface area contributed by atoms with E-state index >= 15 is 0 Å². The minimum Gasteiger partial charge on any atom is -0.492 e. The van der Waals surface area contributed by atoms with Gasteiger partial charge in [-0.15, -0.1) is 0 Å². The van der Waals surface area contributed by atoms with Crippen molar-refractivity contribution in [1.82, 2.24) is 9.97 Å². The Bertz CT molecular complexity index is 902. The minimum atomic E-state index is -0.202. The van der Waals surface area contributed by atoms with Gasteiger partial charge in [-0.05, 0) is 53.2 Å². The zero-order valence-electron chi connectivity index (χ0n) is 12.4. The van der Waals surface area contributed by atoms with Crippen molar-refractivity contribution in [3.8, 4) is 5.75 Å². The van der Waals surface area contributed by atoms with Crippen molar-refractivity contribution in [2.75, 3.05) is 11.9 Å². The molecule has 0 spiro atoms. The molecule has 0 radical (unpaired) electrons. The maximum atomic E-state index is 11.3.